The number of carbonyl (C=O) groups excluding carboxylic acids is 1. The van der Waals surface area contributed by atoms with Gasteiger partial charge in [0.2, 0.25) is 0 Å². The minimum absolute atomic E-state index is 0.0522. The van der Waals surface area contributed by atoms with Crippen LogP contribution in [0.25, 0.3) is 0 Å². The van der Waals surface area contributed by atoms with Gasteiger partial charge in [0.15, 0.2) is 0 Å². The van der Waals surface area contributed by atoms with Crippen LogP contribution in [0.15, 0.2) is 71.7 Å². The average molecular weight is 688 g/mol. The van der Waals surface area contributed by atoms with Crippen molar-refractivity contribution in [2.75, 3.05) is 39.3 Å². The van der Waals surface area contributed by atoms with Gasteiger partial charge in [0.1, 0.15) is 17.6 Å². The number of alkyl halides is 6. The summed E-state index contributed by atoms with van der Waals surface area (Å²) in [6, 6.07) is 14.8. The lowest BCUT2D eigenvalue weighted by atomic mass is 9.93. The second-order valence-electron chi connectivity index (χ2n) is 10.9. The van der Waals surface area contributed by atoms with Crippen molar-refractivity contribution in [2.45, 2.75) is 37.8 Å². The predicted octanol–water partition coefficient (Wildman–Crippen LogP) is 8.65. The Kier molecular flexibility index (Phi) is 10.1. The Hall–Kier alpha value is -3.48. The normalized spacial score (nSPS) is 19.4. The molecular formula is C32H30Cl2F6N4O2. The van der Waals surface area contributed by atoms with Crippen LogP contribution < -0.4 is 4.74 Å². The molecule has 2 heterocycles. The number of piperazine rings is 1. The van der Waals surface area contributed by atoms with Crippen molar-refractivity contribution >= 4 is 35.1 Å². The molecule has 46 heavy (non-hydrogen) atoms. The zero-order valence-corrected chi connectivity index (χ0v) is 26.1. The molecule has 3 aromatic rings. The molecule has 0 N–H and O–H groups in total. The molecule has 0 saturated carbocycles. The smallest absolute Gasteiger partial charge is 0.416 e. The number of carbonyl (C=O) groups is 1. The molecule has 0 bridgehead atoms. The molecule has 0 aliphatic carbocycles. The van der Waals surface area contributed by atoms with Gasteiger partial charge in [-0.05, 0) is 60.5 Å². The number of nitrogens with zero attached hydrogens (tertiary/aromatic N) is 4. The summed E-state index contributed by atoms with van der Waals surface area (Å²) in [4.78, 5) is 24.1. The summed E-state index contributed by atoms with van der Waals surface area (Å²) >= 11 is 12.4. The second kappa shape index (κ2) is 13.7. The molecule has 2 aliphatic rings. The summed E-state index contributed by atoms with van der Waals surface area (Å²) in [5, 5.41) is 0.937. The predicted molar refractivity (Wildman–Crippen MR) is 163 cm³/mol. The van der Waals surface area contributed by atoms with E-state index in [4.69, 9.17) is 32.9 Å². The molecule has 0 aromatic heterocycles. The molecule has 5 rings (SSSR count). The summed E-state index contributed by atoms with van der Waals surface area (Å²) in [6.45, 7) is 2.23. The molecule has 14 heteroatoms. The van der Waals surface area contributed by atoms with Crippen molar-refractivity contribution in [3.05, 3.63) is 99.0 Å². The van der Waals surface area contributed by atoms with E-state index in [0.29, 0.717) is 21.2 Å². The maximum absolute atomic E-state index is 14.5. The van der Waals surface area contributed by atoms with Gasteiger partial charge in [-0.3, -0.25) is 14.8 Å². The molecule has 2 amide bonds. The molecular weight excluding hydrogens is 657 g/mol. The summed E-state index contributed by atoms with van der Waals surface area (Å²) in [6.07, 6.45) is -9.89. The maximum atomic E-state index is 14.5. The number of hydrogen-bond acceptors (Lipinski definition) is 4. The fourth-order valence-corrected chi connectivity index (χ4v) is 5.86. The Balaban J connectivity index is 1.59. The minimum Gasteiger partial charge on any atom is -0.493 e. The van der Waals surface area contributed by atoms with Crippen molar-refractivity contribution < 1.29 is 35.9 Å². The summed E-state index contributed by atoms with van der Waals surface area (Å²) in [7, 11) is 0. The van der Waals surface area contributed by atoms with E-state index in [2.05, 4.69) is 0 Å². The van der Waals surface area contributed by atoms with Crippen molar-refractivity contribution in [1.29, 1.82) is 0 Å². The van der Waals surface area contributed by atoms with Crippen LogP contribution in [-0.2, 0) is 6.18 Å². The molecule has 1 fully saturated rings. The lowest BCUT2D eigenvalue weighted by molar-refractivity contribution is -0.139. The van der Waals surface area contributed by atoms with Gasteiger partial charge in [0, 0.05) is 42.8 Å². The highest BCUT2D eigenvalue weighted by Gasteiger charge is 2.45. The van der Waals surface area contributed by atoms with Crippen LogP contribution in [0.3, 0.4) is 0 Å². The van der Waals surface area contributed by atoms with E-state index in [1.807, 2.05) is 0 Å². The first-order valence-corrected chi connectivity index (χ1v) is 15.3. The van der Waals surface area contributed by atoms with Gasteiger partial charge >= 0.3 is 18.4 Å². The molecule has 2 unspecified atom stereocenters. The van der Waals surface area contributed by atoms with Crippen LogP contribution in [0.4, 0.5) is 31.1 Å². The third-order valence-electron chi connectivity index (χ3n) is 7.90. The Morgan fingerprint density at radius 2 is 1.46 bits per heavy atom. The lowest BCUT2D eigenvalue weighted by Crippen LogP contribution is -2.54. The van der Waals surface area contributed by atoms with Gasteiger partial charge in [-0.1, -0.05) is 47.5 Å². The number of hydrogen-bond donors (Lipinski definition) is 0. The quantitative estimate of drug-likeness (QED) is 0.234. The van der Waals surface area contributed by atoms with Crippen molar-refractivity contribution in [2.24, 2.45) is 4.99 Å². The van der Waals surface area contributed by atoms with Crippen molar-refractivity contribution in [3.63, 3.8) is 0 Å². The highest BCUT2D eigenvalue weighted by Crippen LogP contribution is 2.46. The third-order valence-corrected chi connectivity index (χ3v) is 8.40. The average Bonchev–Trinajstić information content (AvgIpc) is 3.40. The molecule has 2 aliphatic heterocycles. The van der Waals surface area contributed by atoms with E-state index in [1.165, 1.54) is 15.9 Å². The molecule has 6 nitrogen and oxygen atoms in total. The zero-order chi connectivity index (χ0) is 33.2. The summed E-state index contributed by atoms with van der Waals surface area (Å²) < 4.78 is 85.3. The number of ether oxygens (including phenoxy) is 1. The van der Waals surface area contributed by atoms with Crippen LogP contribution in [0.2, 0.25) is 10.0 Å². The Morgan fingerprint density at radius 1 is 0.870 bits per heavy atom. The molecule has 2 atom stereocenters. The lowest BCUT2D eigenvalue weighted by Gasteiger charge is -2.39. The number of urea groups is 1. The number of halogens is 8. The summed E-state index contributed by atoms with van der Waals surface area (Å²) in [5.41, 5.74) is 0.612. The number of rotatable bonds is 7. The maximum Gasteiger partial charge on any atom is 0.416 e. The van der Waals surface area contributed by atoms with Gasteiger partial charge < -0.3 is 9.64 Å². The first-order chi connectivity index (χ1) is 21.7. The largest absolute Gasteiger partial charge is 0.493 e. The van der Waals surface area contributed by atoms with Crippen LogP contribution in [0, 0.1) is 0 Å². The molecule has 3 aromatic carbocycles. The highest BCUT2D eigenvalue weighted by molar-refractivity contribution is 6.30. The topological polar surface area (TPSA) is 48.4 Å². The fraction of sp³-hybridized carbons (Fsp3) is 0.375. The molecule has 246 valence electrons. The number of amides is 2. The standard InChI is InChI=1S/C32H30Cl2F6N4O2/c1-2-46-26-19-22(32(38,39)40)7-12-25(26)29-41-27(20-3-8-23(33)9-4-20)28(21-5-10-24(34)11-6-21)44(29)30(45)43-17-15-42(16-18-43)14-13-31(35,36)37/h3-12,19,27-28H,2,13-18H2,1H3. The molecule has 0 radical (unpaired) electrons. The minimum atomic E-state index is -4.64. The monoisotopic (exact) mass is 686 g/mol. The fourth-order valence-electron chi connectivity index (χ4n) is 5.61. The Labute approximate surface area is 272 Å². The number of aliphatic imine (C=N–C) groups is 1. The molecule has 1 saturated heterocycles. The SMILES string of the molecule is CCOc1cc(C(F)(F)F)ccc1C1=NC(c2ccc(Cl)cc2)C(c2ccc(Cl)cc2)N1C(=O)N1CCN(CCC(F)(F)F)CC1. The Morgan fingerprint density at radius 3 is 2.00 bits per heavy atom. The number of amidine groups is 1. The first-order valence-electron chi connectivity index (χ1n) is 14.6. The van der Waals surface area contributed by atoms with E-state index in [-0.39, 0.29) is 56.5 Å². The van der Waals surface area contributed by atoms with E-state index in [0.717, 1.165) is 12.1 Å². The van der Waals surface area contributed by atoms with Crippen LogP contribution in [0.1, 0.15) is 47.7 Å². The van der Waals surface area contributed by atoms with Crippen LogP contribution in [-0.4, -0.2) is 72.1 Å². The highest BCUT2D eigenvalue weighted by atomic mass is 35.5. The van der Waals surface area contributed by atoms with Crippen molar-refractivity contribution in [1.82, 2.24) is 14.7 Å². The Bertz CT molecular complexity index is 1560. The molecule has 0 spiro atoms. The van der Waals surface area contributed by atoms with Gasteiger partial charge in [0.25, 0.3) is 0 Å². The third kappa shape index (κ3) is 7.72. The van der Waals surface area contributed by atoms with E-state index >= 15 is 0 Å². The van der Waals surface area contributed by atoms with E-state index in [1.54, 1.807) is 60.4 Å². The second-order valence-corrected chi connectivity index (χ2v) is 11.8. The van der Waals surface area contributed by atoms with Crippen molar-refractivity contribution in [3.8, 4) is 5.75 Å². The van der Waals surface area contributed by atoms with Gasteiger partial charge in [-0.25, -0.2) is 4.79 Å². The van der Waals surface area contributed by atoms with Crippen LogP contribution in [0.5, 0.6) is 5.75 Å². The summed E-state index contributed by atoms with van der Waals surface area (Å²) in [5.74, 6) is -0.000896. The van der Waals surface area contributed by atoms with Gasteiger partial charge in [-0.15, -0.1) is 0 Å². The first kappa shape index (κ1) is 33.9. The van der Waals surface area contributed by atoms with E-state index < -0.39 is 42.5 Å². The number of benzene rings is 3. The van der Waals surface area contributed by atoms with Gasteiger partial charge in [-0.2, -0.15) is 26.3 Å². The van der Waals surface area contributed by atoms with E-state index in [9.17, 15) is 31.1 Å². The van der Waals surface area contributed by atoms with Gasteiger partial charge in [0.05, 0.1) is 30.2 Å². The zero-order valence-electron chi connectivity index (χ0n) is 24.6. The van der Waals surface area contributed by atoms with Crippen LogP contribution >= 0.6 is 23.2 Å².